The van der Waals surface area contributed by atoms with E-state index in [0.717, 1.165) is 24.0 Å². The van der Waals surface area contributed by atoms with Crippen LogP contribution in [0.15, 0.2) is 30.3 Å². The number of halogens is 3. The first-order valence-corrected chi connectivity index (χ1v) is 8.34. The second kappa shape index (κ2) is 5.91. The van der Waals surface area contributed by atoms with E-state index in [9.17, 15) is 13.2 Å². The highest BCUT2D eigenvalue weighted by Crippen LogP contribution is 2.43. The van der Waals surface area contributed by atoms with E-state index in [0.29, 0.717) is 24.1 Å². The van der Waals surface area contributed by atoms with Crippen molar-refractivity contribution in [3.05, 3.63) is 52.8 Å². The Morgan fingerprint density at radius 3 is 2.25 bits per heavy atom. The summed E-state index contributed by atoms with van der Waals surface area (Å²) in [5.41, 5.74) is 2.57. The second-order valence-corrected chi connectivity index (χ2v) is 7.69. The Morgan fingerprint density at radius 1 is 1.00 bits per heavy atom. The standard InChI is InChI=1S/C20H22F3N/c1-19(2,3)12-15-14-10-7-11-16(14)24-18(20(21,22)23)17(15)13-8-5-4-6-9-13/h4-6,8-9H,7,10-12H2,1-3H3. The van der Waals surface area contributed by atoms with Crippen LogP contribution >= 0.6 is 0 Å². The first kappa shape index (κ1) is 17.0. The molecular weight excluding hydrogens is 311 g/mol. The summed E-state index contributed by atoms with van der Waals surface area (Å²) >= 11 is 0. The number of aromatic nitrogens is 1. The summed E-state index contributed by atoms with van der Waals surface area (Å²) in [4.78, 5) is 4.07. The van der Waals surface area contributed by atoms with E-state index in [1.54, 1.807) is 24.3 Å². The van der Waals surface area contributed by atoms with Gasteiger partial charge >= 0.3 is 6.18 Å². The first-order chi connectivity index (χ1) is 11.2. The summed E-state index contributed by atoms with van der Waals surface area (Å²) in [6.45, 7) is 6.20. The van der Waals surface area contributed by atoms with E-state index in [-0.39, 0.29) is 11.0 Å². The van der Waals surface area contributed by atoms with Gasteiger partial charge in [-0.1, -0.05) is 51.1 Å². The van der Waals surface area contributed by atoms with Gasteiger partial charge in [0.25, 0.3) is 0 Å². The number of aryl methyl sites for hydroxylation is 1. The van der Waals surface area contributed by atoms with Gasteiger partial charge in [-0.2, -0.15) is 13.2 Å². The van der Waals surface area contributed by atoms with Crippen LogP contribution in [-0.4, -0.2) is 4.98 Å². The molecule has 1 nitrogen and oxygen atoms in total. The zero-order chi connectivity index (χ0) is 17.5. The van der Waals surface area contributed by atoms with Crippen LogP contribution in [0.25, 0.3) is 11.1 Å². The minimum Gasteiger partial charge on any atom is -0.247 e. The Balaban J connectivity index is 2.34. The molecule has 0 unspecified atom stereocenters. The normalized spacial score (nSPS) is 14.8. The molecule has 0 bridgehead atoms. The molecule has 0 saturated heterocycles. The molecule has 1 aromatic heterocycles. The maximum Gasteiger partial charge on any atom is 0.433 e. The summed E-state index contributed by atoms with van der Waals surface area (Å²) < 4.78 is 41.3. The fourth-order valence-electron chi connectivity index (χ4n) is 3.51. The Morgan fingerprint density at radius 2 is 1.67 bits per heavy atom. The number of rotatable bonds is 2. The molecule has 0 spiro atoms. The van der Waals surface area contributed by atoms with E-state index in [2.05, 4.69) is 25.8 Å². The molecule has 4 heteroatoms. The molecular formula is C20H22F3N. The molecule has 0 fully saturated rings. The van der Waals surface area contributed by atoms with E-state index in [4.69, 9.17) is 0 Å². The maximum atomic E-state index is 13.8. The topological polar surface area (TPSA) is 12.9 Å². The monoisotopic (exact) mass is 333 g/mol. The highest BCUT2D eigenvalue weighted by atomic mass is 19.4. The average Bonchev–Trinajstić information content (AvgIpc) is 2.94. The van der Waals surface area contributed by atoms with Crippen LogP contribution in [0.4, 0.5) is 13.2 Å². The van der Waals surface area contributed by atoms with Crippen LogP contribution in [0.2, 0.25) is 0 Å². The van der Waals surface area contributed by atoms with Crippen molar-refractivity contribution in [1.82, 2.24) is 4.98 Å². The van der Waals surface area contributed by atoms with E-state index >= 15 is 0 Å². The largest absolute Gasteiger partial charge is 0.433 e. The number of pyridine rings is 1. The van der Waals surface area contributed by atoms with Gasteiger partial charge in [0.1, 0.15) is 0 Å². The van der Waals surface area contributed by atoms with Crippen molar-refractivity contribution in [1.29, 1.82) is 0 Å². The second-order valence-electron chi connectivity index (χ2n) is 7.69. The molecule has 1 aromatic carbocycles. The molecule has 0 N–H and O–H groups in total. The summed E-state index contributed by atoms with van der Waals surface area (Å²) in [7, 11) is 0. The predicted octanol–water partition coefficient (Wildman–Crippen LogP) is 5.84. The molecule has 0 aliphatic heterocycles. The Kier molecular flexibility index (Phi) is 4.18. The number of hydrogen-bond acceptors (Lipinski definition) is 1. The molecule has 0 radical (unpaired) electrons. The number of fused-ring (bicyclic) bond motifs is 1. The molecule has 1 aliphatic carbocycles. The van der Waals surface area contributed by atoms with Crippen molar-refractivity contribution in [2.45, 2.75) is 52.6 Å². The van der Waals surface area contributed by atoms with Gasteiger partial charge in [0.05, 0.1) is 0 Å². The number of benzene rings is 1. The smallest absolute Gasteiger partial charge is 0.247 e. The third-order valence-electron chi connectivity index (χ3n) is 4.38. The molecule has 3 rings (SSSR count). The lowest BCUT2D eigenvalue weighted by molar-refractivity contribution is -0.140. The van der Waals surface area contributed by atoms with Crippen LogP contribution in [0.5, 0.6) is 0 Å². The highest BCUT2D eigenvalue weighted by molar-refractivity contribution is 5.72. The third kappa shape index (κ3) is 3.33. The maximum absolute atomic E-state index is 13.8. The van der Waals surface area contributed by atoms with Gasteiger partial charge in [-0.25, -0.2) is 4.98 Å². The van der Waals surface area contributed by atoms with E-state index < -0.39 is 11.9 Å². The number of nitrogens with zero attached hydrogens (tertiary/aromatic N) is 1. The summed E-state index contributed by atoms with van der Waals surface area (Å²) in [6.07, 6.45) is -1.48. The van der Waals surface area contributed by atoms with E-state index in [1.807, 2.05) is 6.07 Å². The summed E-state index contributed by atoms with van der Waals surface area (Å²) in [6, 6.07) is 8.88. The van der Waals surface area contributed by atoms with Crippen molar-refractivity contribution in [2.24, 2.45) is 5.41 Å². The quantitative estimate of drug-likeness (QED) is 0.672. The first-order valence-electron chi connectivity index (χ1n) is 8.34. The third-order valence-corrected chi connectivity index (χ3v) is 4.38. The van der Waals surface area contributed by atoms with Gasteiger partial charge in [-0.15, -0.1) is 0 Å². The van der Waals surface area contributed by atoms with E-state index in [1.165, 1.54) is 0 Å². The van der Waals surface area contributed by atoms with Crippen molar-refractivity contribution in [2.75, 3.05) is 0 Å². The highest BCUT2D eigenvalue weighted by Gasteiger charge is 2.39. The molecule has 0 amide bonds. The average molecular weight is 333 g/mol. The molecule has 0 saturated carbocycles. The zero-order valence-corrected chi connectivity index (χ0v) is 14.3. The van der Waals surface area contributed by atoms with Crippen LogP contribution in [0, 0.1) is 5.41 Å². The van der Waals surface area contributed by atoms with Gasteiger partial charge in [-0.05, 0) is 47.8 Å². The molecule has 128 valence electrons. The molecule has 1 heterocycles. The Labute approximate surface area is 140 Å². The SMILES string of the molecule is CC(C)(C)Cc1c2c(nc(C(F)(F)F)c1-c1ccccc1)CCC2. The van der Waals surface area contributed by atoms with Crippen molar-refractivity contribution in [3.8, 4) is 11.1 Å². The zero-order valence-electron chi connectivity index (χ0n) is 14.3. The Hall–Kier alpha value is -1.84. The van der Waals surface area contributed by atoms with Crippen LogP contribution in [0.3, 0.4) is 0 Å². The molecule has 0 atom stereocenters. The van der Waals surface area contributed by atoms with Crippen LogP contribution < -0.4 is 0 Å². The van der Waals surface area contributed by atoms with Crippen molar-refractivity contribution >= 4 is 0 Å². The minimum absolute atomic E-state index is 0.0931. The van der Waals surface area contributed by atoms with Crippen molar-refractivity contribution in [3.63, 3.8) is 0 Å². The number of hydrogen-bond donors (Lipinski definition) is 0. The van der Waals surface area contributed by atoms with Crippen molar-refractivity contribution < 1.29 is 13.2 Å². The van der Waals surface area contributed by atoms with Gasteiger partial charge < -0.3 is 0 Å². The molecule has 2 aromatic rings. The predicted molar refractivity (Wildman–Crippen MR) is 89.9 cm³/mol. The number of alkyl halides is 3. The van der Waals surface area contributed by atoms with Gasteiger partial charge in [0.2, 0.25) is 0 Å². The fourth-order valence-corrected chi connectivity index (χ4v) is 3.51. The summed E-state index contributed by atoms with van der Waals surface area (Å²) in [5, 5.41) is 0. The van der Waals surface area contributed by atoms with Crippen LogP contribution in [-0.2, 0) is 25.4 Å². The molecule has 1 aliphatic rings. The fraction of sp³-hybridized carbons (Fsp3) is 0.450. The van der Waals surface area contributed by atoms with Gasteiger partial charge in [-0.3, -0.25) is 0 Å². The molecule has 24 heavy (non-hydrogen) atoms. The minimum atomic E-state index is -4.45. The lowest BCUT2D eigenvalue weighted by Gasteiger charge is -2.25. The lowest BCUT2D eigenvalue weighted by atomic mass is 9.81. The summed E-state index contributed by atoms with van der Waals surface area (Å²) in [5.74, 6) is 0. The van der Waals surface area contributed by atoms with Crippen LogP contribution in [0.1, 0.15) is 49.7 Å². The lowest BCUT2D eigenvalue weighted by Crippen LogP contribution is -2.18. The Bertz CT molecular complexity index is 740. The van der Waals surface area contributed by atoms with Gasteiger partial charge in [0, 0.05) is 11.3 Å². The van der Waals surface area contributed by atoms with Gasteiger partial charge in [0.15, 0.2) is 5.69 Å².